The predicted octanol–water partition coefficient (Wildman–Crippen LogP) is 1.98. The van der Waals surface area contributed by atoms with Crippen LogP contribution in [-0.2, 0) is 28.5 Å². The molecule has 0 amide bonds. The van der Waals surface area contributed by atoms with Gasteiger partial charge in [0.1, 0.15) is 42.4 Å². The molecule has 48 heavy (non-hydrogen) atoms. The summed E-state index contributed by atoms with van der Waals surface area (Å²) >= 11 is 0. The Hall–Kier alpha value is -1.91. The fourth-order valence-corrected chi connectivity index (χ4v) is 7.79. The zero-order valence-electron chi connectivity index (χ0n) is 28.0. The zero-order chi connectivity index (χ0) is 34.5. The van der Waals surface area contributed by atoms with Gasteiger partial charge in [0.15, 0.2) is 24.8 Å². The molecule has 1 aromatic carbocycles. The summed E-state index contributed by atoms with van der Waals surface area (Å²) in [5.74, 6) is -0.450. The molecule has 2 saturated carbocycles. The summed E-state index contributed by atoms with van der Waals surface area (Å²) < 4.78 is 37.5. The number of aliphatic hydroxyl groups is 5. The van der Waals surface area contributed by atoms with E-state index in [9.17, 15) is 35.4 Å². The van der Waals surface area contributed by atoms with Crippen LogP contribution in [0, 0.1) is 17.8 Å². The van der Waals surface area contributed by atoms with E-state index in [4.69, 9.17) is 28.4 Å². The summed E-state index contributed by atoms with van der Waals surface area (Å²) in [4.78, 5) is 12.5. The number of rotatable bonds is 12. The van der Waals surface area contributed by atoms with Gasteiger partial charge in [-0.25, -0.2) is 4.79 Å². The van der Waals surface area contributed by atoms with Crippen LogP contribution >= 0.6 is 0 Å². The summed E-state index contributed by atoms with van der Waals surface area (Å²) in [6.45, 7) is 5.05. The highest BCUT2D eigenvalue weighted by Gasteiger charge is 2.52. The zero-order valence-corrected chi connectivity index (χ0v) is 28.0. The number of hydrogen-bond donors (Lipinski definition) is 6. The normalized spacial score (nSPS) is 41.8. The van der Waals surface area contributed by atoms with Crippen LogP contribution in [0.5, 0.6) is 5.75 Å². The van der Waals surface area contributed by atoms with E-state index in [1.807, 2.05) is 13.0 Å². The first-order chi connectivity index (χ1) is 23.0. The molecule has 1 aromatic rings. The molecule has 2 aliphatic carbocycles. The summed E-state index contributed by atoms with van der Waals surface area (Å²) in [7, 11) is 0. The Labute approximate surface area is 282 Å². The Morgan fingerprint density at radius 2 is 1.54 bits per heavy atom. The topological polar surface area (TPSA) is 194 Å². The molecule has 14 unspecified atom stereocenters. The van der Waals surface area contributed by atoms with Crippen molar-refractivity contribution in [1.29, 1.82) is 0 Å². The average molecular weight is 683 g/mol. The summed E-state index contributed by atoms with van der Waals surface area (Å²) in [5.41, 5.74) is 0. The van der Waals surface area contributed by atoms with Crippen LogP contribution in [0.3, 0.4) is 0 Å². The van der Waals surface area contributed by atoms with Crippen molar-refractivity contribution in [2.75, 3.05) is 6.61 Å². The lowest BCUT2D eigenvalue weighted by Gasteiger charge is -2.48. The number of carbonyl (C=O) groups is 1. The van der Waals surface area contributed by atoms with Gasteiger partial charge >= 0.3 is 5.97 Å². The number of carboxylic acids is 1. The van der Waals surface area contributed by atoms with Crippen molar-refractivity contribution >= 4 is 5.97 Å². The maximum Gasteiger partial charge on any atom is 0.332 e. The Morgan fingerprint density at radius 3 is 2.21 bits per heavy atom. The Kier molecular flexibility index (Phi) is 13.1. The van der Waals surface area contributed by atoms with Gasteiger partial charge in [0.2, 0.25) is 0 Å². The van der Waals surface area contributed by atoms with E-state index in [1.165, 1.54) is 0 Å². The van der Waals surface area contributed by atoms with Gasteiger partial charge in [-0.1, -0.05) is 64.2 Å². The Morgan fingerprint density at radius 1 is 0.833 bits per heavy atom. The molecule has 6 N–H and O–H groups in total. The quantitative estimate of drug-likeness (QED) is 0.188. The number of aliphatic hydroxyl groups excluding tert-OH is 5. The molecule has 13 nitrogen and oxygen atoms in total. The average Bonchev–Trinajstić information content (AvgIpc) is 3.07. The second-order valence-electron chi connectivity index (χ2n) is 14.3. The van der Waals surface area contributed by atoms with Crippen LogP contribution in [0.25, 0.3) is 0 Å². The van der Waals surface area contributed by atoms with Crippen LogP contribution in [-0.4, -0.2) is 123 Å². The molecule has 2 saturated heterocycles. The third kappa shape index (κ3) is 8.87. The van der Waals surface area contributed by atoms with Gasteiger partial charge in [-0.3, -0.25) is 0 Å². The molecule has 2 heterocycles. The van der Waals surface area contributed by atoms with E-state index in [1.54, 1.807) is 31.2 Å². The minimum atomic E-state index is -1.51. The van der Waals surface area contributed by atoms with Crippen molar-refractivity contribution in [3.8, 4) is 5.75 Å². The fourth-order valence-electron chi connectivity index (χ4n) is 7.79. The summed E-state index contributed by atoms with van der Waals surface area (Å²) in [5, 5.41) is 63.3. The molecular formula is C35H54O13. The monoisotopic (exact) mass is 682 g/mol. The van der Waals surface area contributed by atoms with Crippen LogP contribution in [0.15, 0.2) is 30.3 Å². The number of aliphatic carboxylic acids is 1. The first kappa shape index (κ1) is 37.3. The third-order valence-electron chi connectivity index (χ3n) is 10.4. The number of benzene rings is 1. The van der Waals surface area contributed by atoms with Gasteiger partial charge in [-0.2, -0.15) is 0 Å². The highest BCUT2D eigenvalue weighted by Crippen LogP contribution is 2.39. The van der Waals surface area contributed by atoms with Crippen molar-refractivity contribution in [1.82, 2.24) is 0 Å². The molecule has 0 radical (unpaired) electrons. The molecule has 0 spiro atoms. The van der Waals surface area contributed by atoms with Gasteiger partial charge in [0, 0.05) is 0 Å². The van der Waals surface area contributed by atoms with Crippen LogP contribution in [0.1, 0.15) is 72.1 Å². The summed E-state index contributed by atoms with van der Waals surface area (Å²) in [6, 6.07) is 8.80. The van der Waals surface area contributed by atoms with E-state index in [-0.39, 0.29) is 24.2 Å². The van der Waals surface area contributed by atoms with Crippen molar-refractivity contribution in [3.63, 3.8) is 0 Å². The fraction of sp³-hybridized carbons (Fsp3) is 0.800. The van der Waals surface area contributed by atoms with Gasteiger partial charge in [0.05, 0.1) is 24.9 Å². The predicted molar refractivity (Wildman–Crippen MR) is 170 cm³/mol. The van der Waals surface area contributed by atoms with E-state index in [2.05, 4.69) is 6.92 Å². The number of para-hydroxylation sites is 1. The Balaban J connectivity index is 1.42. The summed E-state index contributed by atoms with van der Waals surface area (Å²) in [6.07, 6.45) is -8.54. The van der Waals surface area contributed by atoms with E-state index in [0.717, 1.165) is 38.5 Å². The van der Waals surface area contributed by atoms with Gasteiger partial charge in [-0.15, -0.1) is 0 Å². The van der Waals surface area contributed by atoms with Gasteiger partial charge < -0.3 is 59.1 Å². The maximum absolute atomic E-state index is 12.5. The highest BCUT2D eigenvalue weighted by atomic mass is 16.7. The van der Waals surface area contributed by atoms with Crippen LogP contribution in [0.2, 0.25) is 0 Å². The molecule has 13 heteroatoms. The lowest BCUT2D eigenvalue weighted by Crippen LogP contribution is -2.64. The molecule has 4 aliphatic rings. The van der Waals surface area contributed by atoms with Crippen LogP contribution in [0.4, 0.5) is 0 Å². The number of ether oxygens (including phenoxy) is 6. The molecule has 15 atom stereocenters. The van der Waals surface area contributed by atoms with Crippen molar-refractivity contribution in [2.24, 2.45) is 17.8 Å². The van der Waals surface area contributed by atoms with E-state index >= 15 is 0 Å². The Bertz CT molecular complexity index is 1130. The minimum absolute atomic E-state index is 0.0934. The third-order valence-corrected chi connectivity index (χ3v) is 10.4. The first-order valence-corrected chi connectivity index (χ1v) is 17.5. The molecule has 2 aliphatic heterocycles. The molecule has 4 fully saturated rings. The highest BCUT2D eigenvalue weighted by molar-refractivity contribution is 5.72. The molecular weight excluding hydrogens is 628 g/mol. The van der Waals surface area contributed by atoms with Crippen molar-refractivity contribution < 1.29 is 63.9 Å². The van der Waals surface area contributed by atoms with Crippen molar-refractivity contribution in [3.05, 3.63) is 30.3 Å². The van der Waals surface area contributed by atoms with E-state index < -0.39 is 92.3 Å². The molecule has 5 rings (SSSR count). The number of hydrogen-bond acceptors (Lipinski definition) is 12. The number of carboxylic acid groups (broad SMARTS) is 1. The largest absolute Gasteiger partial charge is 0.482 e. The second-order valence-corrected chi connectivity index (χ2v) is 14.3. The first-order valence-electron chi connectivity index (χ1n) is 17.5. The molecule has 0 bridgehead atoms. The lowest BCUT2D eigenvalue weighted by molar-refractivity contribution is -0.347. The van der Waals surface area contributed by atoms with Crippen LogP contribution < -0.4 is 4.74 Å². The van der Waals surface area contributed by atoms with Gasteiger partial charge in [-0.05, 0) is 56.1 Å². The molecule has 0 aromatic heterocycles. The van der Waals surface area contributed by atoms with Gasteiger partial charge in [0.25, 0.3) is 0 Å². The minimum Gasteiger partial charge on any atom is -0.482 e. The second kappa shape index (κ2) is 16.9. The van der Waals surface area contributed by atoms with E-state index in [0.29, 0.717) is 12.2 Å². The standard InChI is InChI=1S/C35H54O13/c1-18-14-19(2)30(48-34-29(40)28(39)26(37)20(3)43-34)23(15-18)46-35-32(44-22-12-8-5-9-13-22)31(27(38)25(17-36)47-35)45-24(33(41)42)16-21-10-6-4-7-11-21/h5,8-9,12-13,18-21,23-32,34-40H,4,6-7,10-11,14-17H2,1-3H3,(H,41,42)/t18?,19?,20?,23?,24-,25?,26?,27?,28?,29?,30?,31?,32?,34?,35?/m0/s1. The molecule has 272 valence electrons. The van der Waals surface area contributed by atoms with Crippen molar-refractivity contribution in [2.45, 2.75) is 152 Å². The SMILES string of the molecule is CC1CC(C)C(OC2OC(C)C(O)C(O)C2O)C(OC2OC(CO)C(O)C(O[C@@H](CC3CCCCC3)C(=O)O)C2Oc2ccccc2)C1. The maximum atomic E-state index is 12.5. The smallest absolute Gasteiger partial charge is 0.332 e. The lowest BCUT2D eigenvalue weighted by atomic mass is 9.79.